The molecule has 0 bridgehead atoms. The Bertz CT molecular complexity index is 585. The molecule has 1 aromatic carbocycles. The highest BCUT2D eigenvalue weighted by molar-refractivity contribution is 5.61. The van der Waals surface area contributed by atoms with Crippen molar-refractivity contribution in [3.05, 3.63) is 36.4 Å². The quantitative estimate of drug-likeness (QED) is 0.884. The molecule has 0 atom stereocenters. The number of hydrogen-bond acceptors (Lipinski definition) is 4. The standard InChI is InChI=1S/C17H24N4/c1-12(2)18-14-11-15(21-17(3,4)5)20-16(19-14)13-9-7-6-8-10-13/h6-12H,1-5H3,(H2,18,19,20,21). The highest BCUT2D eigenvalue weighted by Gasteiger charge is 2.13. The predicted molar refractivity (Wildman–Crippen MR) is 89.6 cm³/mol. The minimum atomic E-state index is -0.0442. The fraction of sp³-hybridized carbons (Fsp3) is 0.412. The molecule has 2 rings (SSSR count). The van der Waals surface area contributed by atoms with Gasteiger partial charge < -0.3 is 10.6 Å². The minimum absolute atomic E-state index is 0.0442. The van der Waals surface area contributed by atoms with Crippen molar-refractivity contribution in [1.82, 2.24) is 9.97 Å². The van der Waals surface area contributed by atoms with Crippen LogP contribution in [0.5, 0.6) is 0 Å². The Kier molecular flexibility index (Phi) is 4.46. The predicted octanol–water partition coefficient (Wildman–Crippen LogP) is 4.17. The van der Waals surface area contributed by atoms with Crippen molar-refractivity contribution in [2.24, 2.45) is 0 Å². The van der Waals surface area contributed by atoms with Crippen molar-refractivity contribution in [1.29, 1.82) is 0 Å². The molecule has 0 aliphatic rings. The summed E-state index contributed by atoms with van der Waals surface area (Å²) in [6, 6.07) is 12.3. The minimum Gasteiger partial charge on any atom is -0.368 e. The second-order valence-corrected chi connectivity index (χ2v) is 6.50. The van der Waals surface area contributed by atoms with Gasteiger partial charge in [-0.05, 0) is 34.6 Å². The number of nitrogens with one attached hydrogen (secondary N) is 2. The summed E-state index contributed by atoms with van der Waals surface area (Å²) < 4.78 is 0. The highest BCUT2D eigenvalue weighted by Crippen LogP contribution is 2.22. The molecule has 0 saturated carbocycles. The van der Waals surface area contributed by atoms with Crippen molar-refractivity contribution in [2.45, 2.75) is 46.2 Å². The summed E-state index contributed by atoms with van der Waals surface area (Å²) in [5.74, 6) is 2.40. The third-order valence-electron chi connectivity index (χ3n) is 2.70. The first-order valence-electron chi connectivity index (χ1n) is 7.33. The fourth-order valence-corrected chi connectivity index (χ4v) is 1.98. The highest BCUT2D eigenvalue weighted by atomic mass is 15.1. The van der Waals surface area contributed by atoms with E-state index < -0.39 is 0 Å². The second kappa shape index (κ2) is 6.12. The van der Waals surface area contributed by atoms with Gasteiger partial charge in [0, 0.05) is 23.2 Å². The maximum absolute atomic E-state index is 4.63. The average molecular weight is 284 g/mol. The number of nitrogens with zero attached hydrogens (tertiary/aromatic N) is 2. The molecule has 4 nitrogen and oxygen atoms in total. The zero-order valence-corrected chi connectivity index (χ0v) is 13.4. The molecule has 112 valence electrons. The molecule has 0 unspecified atom stereocenters. The lowest BCUT2D eigenvalue weighted by Gasteiger charge is -2.22. The van der Waals surface area contributed by atoms with E-state index in [0.29, 0.717) is 6.04 Å². The summed E-state index contributed by atoms with van der Waals surface area (Å²) >= 11 is 0. The molecule has 4 heteroatoms. The molecular formula is C17H24N4. The molecular weight excluding hydrogens is 260 g/mol. The van der Waals surface area contributed by atoms with E-state index in [2.05, 4.69) is 55.2 Å². The normalized spacial score (nSPS) is 11.5. The summed E-state index contributed by atoms with van der Waals surface area (Å²) in [7, 11) is 0. The Labute approximate surface area is 127 Å². The molecule has 0 radical (unpaired) electrons. The van der Waals surface area contributed by atoms with Crippen molar-refractivity contribution >= 4 is 11.6 Å². The molecule has 2 aromatic rings. The molecule has 1 aromatic heterocycles. The van der Waals surface area contributed by atoms with Gasteiger partial charge in [0.05, 0.1) is 0 Å². The molecule has 0 amide bonds. The number of anilines is 2. The molecule has 1 heterocycles. The largest absolute Gasteiger partial charge is 0.368 e. The van der Waals surface area contributed by atoms with Crippen molar-refractivity contribution < 1.29 is 0 Å². The van der Waals surface area contributed by atoms with Crippen LogP contribution in [-0.2, 0) is 0 Å². The van der Waals surface area contributed by atoms with Crippen LogP contribution in [0.2, 0.25) is 0 Å². The van der Waals surface area contributed by atoms with Crippen LogP contribution in [0.4, 0.5) is 11.6 Å². The van der Waals surface area contributed by atoms with Crippen molar-refractivity contribution in [3.8, 4) is 11.4 Å². The smallest absolute Gasteiger partial charge is 0.163 e. The van der Waals surface area contributed by atoms with Crippen molar-refractivity contribution in [3.63, 3.8) is 0 Å². The lowest BCUT2D eigenvalue weighted by Crippen LogP contribution is -2.27. The lowest BCUT2D eigenvalue weighted by molar-refractivity contribution is 0.630. The van der Waals surface area contributed by atoms with Gasteiger partial charge in [0.2, 0.25) is 0 Å². The summed E-state index contributed by atoms with van der Waals surface area (Å²) in [6.45, 7) is 10.6. The summed E-state index contributed by atoms with van der Waals surface area (Å²) in [4.78, 5) is 9.25. The molecule has 21 heavy (non-hydrogen) atoms. The number of hydrogen-bond donors (Lipinski definition) is 2. The number of rotatable bonds is 4. The van der Waals surface area contributed by atoms with Gasteiger partial charge in [0.1, 0.15) is 11.6 Å². The molecule has 2 N–H and O–H groups in total. The van der Waals surface area contributed by atoms with Gasteiger partial charge in [0.15, 0.2) is 5.82 Å². The van der Waals surface area contributed by atoms with E-state index in [9.17, 15) is 0 Å². The fourth-order valence-electron chi connectivity index (χ4n) is 1.98. The maximum atomic E-state index is 4.63. The lowest BCUT2D eigenvalue weighted by atomic mass is 10.1. The second-order valence-electron chi connectivity index (χ2n) is 6.50. The first-order chi connectivity index (χ1) is 9.83. The van der Waals surface area contributed by atoms with E-state index in [1.807, 2.05) is 36.4 Å². The van der Waals surface area contributed by atoms with Crippen LogP contribution in [0.15, 0.2) is 36.4 Å². The molecule has 0 aliphatic carbocycles. The Morgan fingerprint density at radius 3 is 2.14 bits per heavy atom. The van der Waals surface area contributed by atoms with Crippen LogP contribution in [0.25, 0.3) is 11.4 Å². The van der Waals surface area contributed by atoms with Crippen LogP contribution >= 0.6 is 0 Å². The zero-order chi connectivity index (χ0) is 15.5. The van der Waals surface area contributed by atoms with Gasteiger partial charge in [-0.15, -0.1) is 0 Å². The first kappa shape index (κ1) is 15.3. The van der Waals surface area contributed by atoms with Crippen LogP contribution in [0.1, 0.15) is 34.6 Å². The van der Waals surface area contributed by atoms with Gasteiger partial charge in [-0.3, -0.25) is 0 Å². The van der Waals surface area contributed by atoms with E-state index in [-0.39, 0.29) is 5.54 Å². The Hall–Kier alpha value is -2.10. The average Bonchev–Trinajstić information content (AvgIpc) is 2.36. The SMILES string of the molecule is CC(C)Nc1cc(NC(C)(C)C)nc(-c2ccccc2)n1. The van der Waals surface area contributed by atoms with Gasteiger partial charge in [-0.25, -0.2) is 9.97 Å². The Balaban J connectivity index is 2.42. The number of aromatic nitrogens is 2. The topological polar surface area (TPSA) is 49.8 Å². The Morgan fingerprint density at radius 1 is 0.952 bits per heavy atom. The monoisotopic (exact) mass is 284 g/mol. The van der Waals surface area contributed by atoms with Gasteiger partial charge in [-0.2, -0.15) is 0 Å². The van der Waals surface area contributed by atoms with E-state index in [1.54, 1.807) is 0 Å². The summed E-state index contributed by atoms with van der Waals surface area (Å²) in [6.07, 6.45) is 0. The van der Waals surface area contributed by atoms with Gasteiger partial charge in [0.25, 0.3) is 0 Å². The van der Waals surface area contributed by atoms with Crippen LogP contribution in [0.3, 0.4) is 0 Å². The molecule has 0 fully saturated rings. The summed E-state index contributed by atoms with van der Waals surface area (Å²) in [5, 5.41) is 6.76. The Morgan fingerprint density at radius 2 is 1.57 bits per heavy atom. The van der Waals surface area contributed by atoms with Gasteiger partial charge >= 0.3 is 0 Å². The maximum Gasteiger partial charge on any atom is 0.163 e. The third kappa shape index (κ3) is 4.74. The molecule has 0 saturated heterocycles. The van der Waals surface area contributed by atoms with E-state index in [4.69, 9.17) is 0 Å². The van der Waals surface area contributed by atoms with Gasteiger partial charge in [-0.1, -0.05) is 30.3 Å². The van der Waals surface area contributed by atoms with E-state index in [0.717, 1.165) is 23.0 Å². The van der Waals surface area contributed by atoms with Crippen LogP contribution < -0.4 is 10.6 Å². The summed E-state index contributed by atoms with van der Waals surface area (Å²) in [5.41, 5.74) is 0.971. The number of benzene rings is 1. The van der Waals surface area contributed by atoms with Crippen LogP contribution in [-0.4, -0.2) is 21.5 Å². The molecule has 0 aliphatic heterocycles. The van der Waals surface area contributed by atoms with Crippen molar-refractivity contribution in [2.75, 3.05) is 10.6 Å². The third-order valence-corrected chi connectivity index (χ3v) is 2.70. The van der Waals surface area contributed by atoms with Crippen LogP contribution in [0, 0.1) is 0 Å². The van der Waals surface area contributed by atoms with E-state index in [1.165, 1.54) is 0 Å². The zero-order valence-electron chi connectivity index (χ0n) is 13.4. The first-order valence-corrected chi connectivity index (χ1v) is 7.33. The van der Waals surface area contributed by atoms with E-state index >= 15 is 0 Å². The molecule has 0 spiro atoms.